The summed E-state index contributed by atoms with van der Waals surface area (Å²) in [4.78, 5) is 2.54. The fourth-order valence-electron chi connectivity index (χ4n) is 2.21. The summed E-state index contributed by atoms with van der Waals surface area (Å²) in [5, 5.41) is 3.55. The average molecular weight is 196 g/mol. The van der Waals surface area contributed by atoms with Gasteiger partial charge in [0.05, 0.1) is 0 Å². The first kappa shape index (κ1) is 11.7. The van der Waals surface area contributed by atoms with Crippen molar-refractivity contribution in [2.45, 2.75) is 39.8 Å². The van der Waals surface area contributed by atoms with E-state index in [1.54, 1.807) is 0 Å². The van der Waals surface area contributed by atoms with Gasteiger partial charge in [0.25, 0.3) is 0 Å². The van der Waals surface area contributed by atoms with Gasteiger partial charge in [0.2, 0.25) is 0 Å². The van der Waals surface area contributed by atoms with Crippen LogP contribution in [-0.2, 0) is 0 Å². The third-order valence-electron chi connectivity index (χ3n) is 2.97. The minimum Gasteiger partial charge on any atom is -0.311 e. The van der Waals surface area contributed by atoms with E-state index in [9.17, 15) is 0 Å². The molecule has 0 aromatic carbocycles. The molecule has 2 nitrogen and oxygen atoms in total. The minimum absolute atomic E-state index is 0.343. The van der Waals surface area contributed by atoms with Gasteiger partial charge in [-0.25, -0.2) is 0 Å². The fourth-order valence-corrected chi connectivity index (χ4v) is 2.21. The van der Waals surface area contributed by atoms with E-state index in [1.807, 2.05) is 6.08 Å². The van der Waals surface area contributed by atoms with E-state index in [0.717, 1.165) is 19.6 Å². The summed E-state index contributed by atoms with van der Waals surface area (Å²) in [6.07, 6.45) is 2.01. The van der Waals surface area contributed by atoms with Gasteiger partial charge in [-0.15, -0.1) is 6.58 Å². The van der Waals surface area contributed by atoms with Crippen molar-refractivity contribution >= 4 is 0 Å². The molecule has 1 N–H and O–H groups in total. The highest BCUT2D eigenvalue weighted by Gasteiger charge is 2.33. The van der Waals surface area contributed by atoms with Crippen molar-refractivity contribution < 1.29 is 0 Å². The largest absolute Gasteiger partial charge is 0.311 e. The van der Waals surface area contributed by atoms with Crippen LogP contribution in [0, 0.1) is 5.41 Å². The predicted octanol–water partition coefficient (Wildman–Crippen LogP) is 1.88. The molecule has 14 heavy (non-hydrogen) atoms. The van der Waals surface area contributed by atoms with Gasteiger partial charge in [0, 0.05) is 31.7 Å². The lowest BCUT2D eigenvalue weighted by Crippen LogP contribution is -2.59. The third-order valence-corrected chi connectivity index (χ3v) is 2.97. The number of rotatable bonds is 2. The summed E-state index contributed by atoms with van der Waals surface area (Å²) in [6.45, 7) is 16.2. The van der Waals surface area contributed by atoms with Gasteiger partial charge in [0.1, 0.15) is 0 Å². The molecule has 0 aliphatic carbocycles. The average Bonchev–Trinajstić information content (AvgIpc) is 2.02. The molecule has 0 spiro atoms. The van der Waals surface area contributed by atoms with E-state index < -0.39 is 0 Å². The Morgan fingerprint density at radius 2 is 2.14 bits per heavy atom. The SMILES string of the molecule is C=CCN1CC(C)NCC1C(C)(C)C. The molecular formula is C12H24N2. The second-order valence-corrected chi connectivity index (χ2v) is 5.43. The first-order valence-electron chi connectivity index (χ1n) is 5.53. The van der Waals surface area contributed by atoms with Crippen LogP contribution in [0.15, 0.2) is 12.7 Å². The molecule has 1 rings (SSSR count). The Labute approximate surface area is 88.4 Å². The van der Waals surface area contributed by atoms with Gasteiger partial charge in [-0.3, -0.25) is 4.90 Å². The topological polar surface area (TPSA) is 15.3 Å². The molecule has 0 bridgehead atoms. The molecule has 1 saturated heterocycles. The normalized spacial score (nSPS) is 30.3. The number of hydrogen-bond acceptors (Lipinski definition) is 2. The second-order valence-electron chi connectivity index (χ2n) is 5.43. The fraction of sp³-hybridized carbons (Fsp3) is 0.833. The molecule has 0 aromatic rings. The van der Waals surface area contributed by atoms with Gasteiger partial charge in [-0.1, -0.05) is 26.8 Å². The van der Waals surface area contributed by atoms with Crippen molar-refractivity contribution in [2.75, 3.05) is 19.6 Å². The quantitative estimate of drug-likeness (QED) is 0.678. The Hall–Kier alpha value is -0.340. The molecule has 2 atom stereocenters. The summed E-state index contributed by atoms with van der Waals surface area (Å²) in [5.74, 6) is 0. The molecule has 0 aromatic heterocycles. The van der Waals surface area contributed by atoms with Crippen LogP contribution < -0.4 is 5.32 Å². The lowest BCUT2D eigenvalue weighted by molar-refractivity contribution is 0.0695. The maximum absolute atomic E-state index is 3.83. The second kappa shape index (κ2) is 4.45. The Bertz CT molecular complexity index is 193. The Kier molecular flexibility index (Phi) is 3.73. The van der Waals surface area contributed by atoms with Crippen LogP contribution in [0.3, 0.4) is 0 Å². The summed E-state index contributed by atoms with van der Waals surface area (Å²) < 4.78 is 0. The van der Waals surface area contributed by atoms with Crippen molar-refractivity contribution in [2.24, 2.45) is 5.41 Å². The molecule has 0 radical (unpaired) electrons. The number of hydrogen-bond donors (Lipinski definition) is 1. The van der Waals surface area contributed by atoms with Gasteiger partial charge in [-0.05, 0) is 12.3 Å². The van der Waals surface area contributed by atoms with E-state index in [2.05, 4.69) is 44.5 Å². The molecule has 1 aliphatic rings. The van der Waals surface area contributed by atoms with Gasteiger partial charge < -0.3 is 5.32 Å². The van der Waals surface area contributed by atoms with Gasteiger partial charge in [0.15, 0.2) is 0 Å². The Balaban J connectivity index is 2.67. The monoisotopic (exact) mass is 196 g/mol. The van der Waals surface area contributed by atoms with Crippen LogP contribution in [0.5, 0.6) is 0 Å². The van der Waals surface area contributed by atoms with Crippen LogP contribution in [0.25, 0.3) is 0 Å². The molecule has 1 fully saturated rings. The van der Waals surface area contributed by atoms with Crippen LogP contribution in [0.4, 0.5) is 0 Å². The lowest BCUT2D eigenvalue weighted by atomic mass is 9.84. The standard InChI is InChI=1S/C12H24N2/c1-6-7-14-9-10(2)13-8-11(14)12(3,4)5/h6,10-11,13H,1,7-9H2,2-5H3. The first-order valence-corrected chi connectivity index (χ1v) is 5.53. The van der Waals surface area contributed by atoms with Crippen molar-refractivity contribution in [1.82, 2.24) is 10.2 Å². The predicted molar refractivity (Wildman–Crippen MR) is 62.5 cm³/mol. The molecule has 0 saturated carbocycles. The molecule has 82 valence electrons. The van der Waals surface area contributed by atoms with E-state index in [0.29, 0.717) is 17.5 Å². The van der Waals surface area contributed by atoms with Crippen molar-refractivity contribution in [1.29, 1.82) is 0 Å². The van der Waals surface area contributed by atoms with E-state index in [-0.39, 0.29) is 0 Å². The van der Waals surface area contributed by atoms with Crippen LogP contribution in [0.1, 0.15) is 27.7 Å². The van der Waals surface area contributed by atoms with E-state index in [1.165, 1.54) is 0 Å². The Morgan fingerprint density at radius 1 is 1.50 bits per heavy atom. The third kappa shape index (κ3) is 2.82. The molecule has 0 amide bonds. The summed E-state index contributed by atoms with van der Waals surface area (Å²) >= 11 is 0. The lowest BCUT2D eigenvalue weighted by Gasteiger charge is -2.45. The highest BCUT2D eigenvalue weighted by Crippen LogP contribution is 2.26. The molecule has 1 heterocycles. The van der Waals surface area contributed by atoms with Gasteiger partial charge in [-0.2, -0.15) is 0 Å². The van der Waals surface area contributed by atoms with Crippen molar-refractivity contribution in [3.8, 4) is 0 Å². The molecule has 1 aliphatic heterocycles. The summed E-state index contributed by atoms with van der Waals surface area (Å²) in [6, 6.07) is 1.23. The number of nitrogens with one attached hydrogen (secondary N) is 1. The molecule has 2 unspecified atom stereocenters. The molecular weight excluding hydrogens is 172 g/mol. The zero-order valence-corrected chi connectivity index (χ0v) is 10.0. The molecule has 2 heteroatoms. The Morgan fingerprint density at radius 3 is 2.64 bits per heavy atom. The van der Waals surface area contributed by atoms with Crippen LogP contribution >= 0.6 is 0 Å². The van der Waals surface area contributed by atoms with E-state index >= 15 is 0 Å². The zero-order valence-electron chi connectivity index (χ0n) is 10.0. The van der Waals surface area contributed by atoms with Crippen molar-refractivity contribution in [3.63, 3.8) is 0 Å². The van der Waals surface area contributed by atoms with Crippen molar-refractivity contribution in [3.05, 3.63) is 12.7 Å². The number of piperazine rings is 1. The maximum Gasteiger partial charge on any atom is 0.0273 e. The van der Waals surface area contributed by atoms with E-state index in [4.69, 9.17) is 0 Å². The first-order chi connectivity index (χ1) is 6.45. The maximum atomic E-state index is 3.83. The smallest absolute Gasteiger partial charge is 0.0273 e. The highest BCUT2D eigenvalue weighted by atomic mass is 15.2. The summed E-state index contributed by atoms with van der Waals surface area (Å²) in [5.41, 5.74) is 0.343. The highest BCUT2D eigenvalue weighted by molar-refractivity contribution is 4.93. The number of nitrogens with zero attached hydrogens (tertiary/aromatic N) is 1. The zero-order chi connectivity index (χ0) is 10.8. The van der Waals surface area contributed by atoms with Gasteiger partial charge >= 0.3 is 0 Å². The minimum atomic E-state index is 0.343. The van der Waals surface area contributed by atoms with Crippen LogP contribution in [0.2, 0.25) is 0 Å². The summed E-state index contributed by atoms with van der Waals surface area (Å²) in [7, 11) is 0. The van der Waals surface area contributed by atoms with Crippen LogP contribution in [-0.4, -0.2) is 36.6 Å².